The van der Waals surface area contributed by atoms with E-state index in [0.29, 0.717) is 12.4 Å². The van der Waals surface area contributed by atoms with E-state index >= 15 is 0 Å². The Hall–Kier alpha value is -2.80. The summed E-state index contributed by atoms with van der Waals surface area (Å²) in [7, 11) is 4.07. The summed E-state index contributed by atoms with van der Waals surface area (Å²) in [5.41, 5.74) is 2.90. The van der Waals surface area contributed by atoms with Gasteiger partial charge in [0.25, 0.3) is 0 Å². The van der Waals surface area contributed by atoms with E-state index in [-0.39, 0.29) is 5.54 Å². The van der Waals surface area contributed by atoms with Gasteiger partial charge < -0.3 is 19.9 Å². The maximum Gasteiger partial charge on any atom is 0.229 e. The van der Waals surface area contributed by atoms with Gasteiger partial charge in [-0.25, -0.2) is 4.98 Å². The first-order chi connectivity index (χ1) is 15.0. The van der Waals surface area contributed by atoms with Crippen LogP contribution in [0.15, 0.2) is 24.7 Å². The fourth-order valence-corrected chi connectivity index (χ4v) is 4.37. The third-order valence-corrected chi connectivity index (χ3v) is 5.85. The average Bonchev–Trinajstić information content (AvgIpc) is 2.72. The molecule has 4 rings (SSSR count). The van der Waals surface area contributed by atoms with Crippen LogP contribution in [0.25, 0.3) is 0 Å². The second-order valence-corrected chi connectivity index (χ2v) is 8.66. The summed E-state index contributed by atoms with van der Waals surface area (Å²) >= 11 is 0. The number of anilines is 3. The maximum atomic E-state index is 9.42. The van der Waals surface area contributed by atoms with Crippen molar-refractivity contribution in [1.82, 2.24) is 24.8 Å². The van der Waals surface area contributed by atoms with Crippen molar-refractivity contribution < 1.29 is 4.74 Å². The van der Waals surface area contributed by atoms with Crippen LogP contribution in [0.1, 0.15) is 17.5 Å². The second kappa shape index (κ2) is 9.14. The highest BCUT2D eigenvalue weighted by Gasteiger charge is 2.48. The van der Waals surface area contributed by atoms with Crippen LogP contribution in [0.2, 0.25) is 0 Å². The van der Waals surface area contributed by atoms with Gasteiger partial charge >= 0.3 is 0 Å². The lowest BCUT2D eigenvalue weighted by molar-refractivity contribution is -0.0326. The number of aryl methyl sites for hydroxylation is 1. The summed E-state index contributed by atoms with van der Waals surface area (Å²) < 4.78 is 5.50. The first kappa shape index (κ1) is 21.4. The summed E-state index contributed by atoms with van der Waals surface area (Å²) in [5.74, 6) is 1.46. The van der Waals surface area contributed by atoms with E-state index in [1.165, 1.54) is 0 Å². The number of nitriles is 1. The molecule has 0 radical (unpaired) electrons. The molecule has 1 N–H and O–H groups in total. The Balaban J connectivity index is 1.48. The van der Waals surface area contributed by atoms with Crippen molar-refractivity contribution >= 4 is 17.5 Å². The molecule has 0 aliphatic carbocycles. The Kier molecular flexibility index (Phi) is 6.32. The topological polar surface area (TPSA) is 93.4 Å². The Morgan fingerprint density at radius 2 is 2.00 bits per heavy atom. The fourth-order valence-electron chi connectivity index (χ4n) is 4.37. The Morgan fingerprint density at radius 3 is 2.71 bits per heavy atom. The summed E-state index contributed by atoms with van der Waals surface area (Å²) in [6.45, 7) is 7.64. The number of hydrogen-bond acceptors (Lipinski definition) is 9. The normalized spacial score (nSPS) is 18.5. The van der Waals surface area contributed by atoms with Crippen molar-refractivity contribution in [3.63, 3.8) is 0 Å². The minimum absolute atomic E-state index is 0.117. The molecule has 2 aromatic rings. The lowest BCUT2D eigenvalue weighted by Crippen LogP contribution is -2.72. The number of nitrogens with zero attached hydrogens (tertiary/aromatic N) is 7. The molecule has 2 aliphatic heterocycles. The zero-order valence-corrected chi connectivity index (χ0v) is 18.5. The molecule has 0 spiro atoms. The molecule has 0 atom stereocenters. The molecule has 4 heterocycles. The van der Waals surface area contributed by atoms with Crippen molar-refractivity contribution in [3.05, 3.63) is 35.8 Å². The molecule has 0 unspecified atom stereocenters. The van der Waals surface area contributed by atoms with Crippen molar-refractivity contribution in [2.75, 3.05) is 63.7 Å². The van der Waals surface area contributed by atoms with Crippen LogP contribution < -0.4 is 10.2 Å². The molecule has 9 heteroatoms. The van der Waals surface area contributed by atoms with E-state index in [1.807, 2.05) is 33.4 Å². The minimum Gasteiger partial charge on any atom is -0.379 e. The van der Waals surface area contributed by atoms with Crippen LogP contribution in [0.3, 0.4) is 0 Å². The summed E-state index contributed by atoms with van der Waals surface area (Å²) in [4.78, 5) is 20.3. The van der Waals surface area contributed by atoms with E-state index in [4.69, 9.17) is 9.72 Å². The van der Waals surface area contributed by atoms with Gasteiger partial charge in [0, 0.05) is 50.7 Å². The molecule has 164 valence electrons. The van der Waals surface area contributed by atoms with Gasteiger partial charge in [0.05, 0.1) is 43.1 Å². The highest BCUT2D eigenvalue weighted by atomic mass is 16.5. The number of pyridine rings is 1. The molecular weight excluding hydrogens is 392 g/mol. The number of hydrogen-bond donors (Lipinski definition) is 1. The van der Waals surface area contributed by atoms with Crippen LogP contribution in [0.4, 0.5) is 17.5 Å². The number of nitrogens with one attached hydrogen (secondary N) is 1. The van der Waals surface area contributed by atoms with Crippen molar-refractivity contribution in [3.8, 4) is 6.07 Å². The van der Waals surface area contributed by atoms with Gasteiger partial charge in [-0.2, -0.15) is 10.2 Å². The molecule has 0 saturated carbocycles. The molecule has 0 bridgehead atoms. The standard InChI is InChI=1S/C22H30N8O/c1-17-11-25-21(26-19-10-18(12-24-13-19)14-28(2)3)27-20(17)29-15-22(16-29,4-5-23)30-6-8-31-9-7-30/h10-13H,4,6-9,14-16H2,1-3H3,(H,25,26,27). The lowest BCUT2D eigenvalue weighted by atomic mass is 9.84. The number of rotatable bonds is 7. The molecule has 0 aromatic carbocycles. The third-order valence-electron chi connectivity index (χ3n) is 5.85. The predicted molar refractivity (Wildman–Crippen MR) is 119 cm³/mol. The Bertz CT molecular complexity index is 945. The maximum absolute atomic E-state index is 9.42. The van der Waals surface area contributed by atoms with Gasteiger partial charge in [-0.1, -0.05) is 0 Å². The number of ether oxygens (including phenoxy) is 1. The van der Waals surface area contributed by atoms with Gasteiger partial charge in [-0.15, -0.1) is 0 Å². The molecule has 31 heavy (non-hydrogen) atoms. The van der Waals surface area contributed by atoms with Crippen molar-refractivity contribution in [2.45, 2.75) is 25.4 Å². The molecule has 2 aromatic heterocycles. The Labute approximate surface area is 183 Å². The van der Waals surface area contributed by atoms with E-state index in [2.05, 4.69) is 42.1 Å². The largest absolute Gasteiger partial charge is 0.379 e. The minimum atomic E-state index is -0.117. The van der Waals surface area contributed by atoms with Gasteiger partial charge in [0.1, 0.15) is 5.82 Å². The van der Waals surface area contributed by atoms with E-state index in [0.717, 1.165) is 68.6 Å². The fraction of sp³-hybridized carbons (Fsp3) is 0.545. The highest BCUT2D eigenvalue weighted by molar-refractivity contribution is 5.58. The SMILES string of the molecule is Cc1cnc(Nc2cncc(CN(C)C)c2)nc1N1CC(CC#N)(N2CCOCC2)C1. The van der Waals surface area contributed by atoms with Crippen molar-refractivity contribution in [1.29, 1.82) is 5.26 Å². The zero-order chi connectivity index (χ0) is 21.8. The lowest BCUT2D eigenvalue weighted by Gasteiger charge is -2.56. The van der Waals surface area contributed by atoms with Crippen LogP contribution >= 0.6 is 0 Å². The van der Waals surface area contributed by atoms with Gasteiger partial charge in [-0.3, -0.25) is 9.88 Å². The highest BCUT2D eigenvalue weighted by Crippen LogP contribution is 2.36. The van der Waals surface area contributed by atoms with Crippen LogP contribution in [0, 0.1) is 18.3 Å². The van der Waals surface area contributed by atoms with Gasteiger partial charge in [0.15, 0.2) is 0 Å². The molecule has 2 saturated heterocycles. The first-order valence-electron chi connectivity index (χ1n) is 10.6. The monoisotopic (exact) mass is 422 g/mol. The molecule has 2 aliphatic rings. The Morgan fingerprint density at radius 1 is 1.23 bits per heavy atom. The van der Waals surface area contributed by atoms with Crippen LogP contribution in [-0.2, 0) is 11.3 Å². The van der Waals surface area contributed by atoms with Crippen LogP contribution in [0.5, 0.6) is 0 Å². The number of morpholine rings is 1. The van der Waals surface area contributed by atoms with Gasteiger partial charge in [0.2, 0.25) is 5.95 Å². The number of aromatic nitrogens is 3. The smallest absolute Gasteiger partial charge is 0.229 e. The predicted octanol–water partition coefficient (Wildman–Crippen LogP) is 1.79. The summed E-state index contributed by atoms with van der Waals surface area (Å²) in [6.07, 6.45) is 6.01. The van der Waals surface area contributed by atoms with Gasteiger partial charge in [-0.05, 0) is 32.6 Å². The zero-order valence-electron chi connectivity index (χ0n) is 18.5. The van der Waals surface area contributed by atoms with E-state index in [9.17, 15) is 5.26 Å². The van der Waals surface area contributed by atoms with E-state index < -0.39 is 0 Å². The quantitative estimate of drug-likeness (QED) is 0.717. The molecule has 0 amide bonds. The summed E-state index contributed by atoms with van der Waals surface area (Å²) in [5, 5.41) is 12.7. The van der Waals surface area contributed by atoms with Crippen LogP contribution in [-0.4, -0.2) is 83.8 Å². The summed E-state index contributed by atoms with van der Waals surface area (Å²) in [6, 6.07) is 4.46. The van der Waals surface area contributed by atoms with Crippen molar-refractivity contribution in [2.24, 2.45) is 0 Å². The first-order valence-corrected chi connectivity index (χ1v) is 10.6. The third kappa shape index (κ3) is 4.77. The molecule has 2 fully saturated rings. The van der Waals surface area contributed by atoms with E-state index in [1.54, 1.807) is 6.20 Å². The average molecular weight is 423 g/mol. The molecule has 9 nitrogen and oxygen atoms in total. The molecular formula is C22H30N8O. The second-order valence-electron chi connectivity index (χ2n) is 8.66.